The molecule has 0 aromatic heterocycles. The van der Waals surface area contributed by atoms with Crippen LogP contribution < -0.4 is 5.73 Å². The van der Waals surface area contributed by atoms with Gasteiger partial charge in [0.2, 0.25) is 0 Å². The number of likely N-dealkylation sites (N-methyl/N-ethyl adjacent to an activating group) is 1. The topological polar surface area (TPSA) is 32.5 Å². The van der Waals surface area contributed by atoms with Crippen LogP contribution in [-0.2, 0) is 6.54 Å². The average Bonchev–Trinajstić information content (AvgIpc) is 2.39. The van der Waals surface area contributed by atoms with E-state index in [0.29, 0.717) is 6.04 Å². The van der Waals surface area contributed by atoms with Crippen molar-refractivity contribution in [2.75, 3.05) is 32.4 Å². The Balaban J connectivity index is 2.07. The molecule has 0 aliphatic carbocycles. The van der Waals surface area contributed by atoms with Gasteiger partial charge in [0, 0.05) is 34.9 Å². The van der Waals surface area contributed by atoms with E-state index in [2.05, 4.69) is 58.5 Å². The summed E-state index contributed by atoms with van der Waals surface area (Å²) in [6.07, 6.45) is 1.25. The molecule has 1 unspecified atom stereocenters. The minimum Gasteiger partial charge on any atom is -0.399 e. The van der Waals surface area contributed by atoms with E-state index in [-0.39, 0.29) is 0 Å². The van der Waals surface area contributed by atoms with Crippen molar-refractivity contribution in [3.8, 4) is 0 Å². The quantitative estimate of drug-likeness (QED) is 0.650. The first-order chi connectivity index (χ1) is 8.54. The Morgan fingerprint density at radius 3 is 2.83 bits per heavy atom. The molecule has 1 fully saturated rings. The third kappa shape index (κ3) is 3.83. The standard InChI is InChI=1S/C14H22IN3/c1-11-9-17(2)4-3-5-18(11)10-12-6-13(15)8-14(16)7-12/h6-8,11H,3-5,9-10,16H2,1-2H3. The van der Waals surface area contributed by atoms with Crippen LogP contribution >= 0.6 is 22.6 Å². The Labute approximate surface area is 123 Å². The third-order valence-electron chi connectivity index (χ3n) is 3.55. The predicted molar refractivity (Wildman–Crippen MR) is 85.6 cm³/mol. The van der Waals surface area contributed by atoms with E-state index in [1.165, 1.54) is 28.6 Å². The Kier molecular flexibility index (Phi) is 4.86. The van der Waals surface area contributed by atoms with Crippen molar-refractivity contribution >= 4 is 28.3 Å². The zero-order valence-corrected chi connectivity index (χ0v) is 13.4. The van der Waals surface area contributed by atoms with Gasteiger partial charge in [-0.15, -0.1) is 0 Å². The molecule has 1 aromatic carbocycles. The number of anilines is 1. The molecule has 1 aliphatic heterocycles. The number of hydrogen-bond acceptors (Lipinski definition) is 3. The molecule has 0 bridgehead atoms. The smallest absolute Gasteiger partial charge is 0.0327 e. The summed E-state index contributed by atoms with van der Waals surface area (Å²) < 4.78 is 1.22. The molecule has 0 spiro atoms. The summed E-state index contributed by atoms with van der Waals surface area (Å²) in [5.41, 5.74) is 8.12. The Bertz CT molecular complexity index is 388. The largest absolute Gasteiger partial charge is 0.399 e. The maximum absolute atomic E-state index is 5.92. The molecule has 0 radical (unpaired) electrons. The van der Waals surface area contributed by atoms with Crippen LogP contribution in [-0.4, -0.2) is 42.5 Å². The van der Waals surface area contributed by atoms with Gasteiger partial charge in [-0.05, 0) is 73.3 Å². The molecule has 4 heteroatoms. The van der Waals surface area contributed by atoms with Crippen molar-refractivity contribution in [2.24, 2.45) is 0 Å². The minimum atomic E-state index is 0.608. The lowest BCUT2D eigenvalue weighted by Gasteiger charge is -2.28. The summed E-state index contributed by atoms with van der Waals surface area (Å²) in [7, 11) is 2.21. The summed E-state index contributed by atoms with van der Waals surface area (Å²) in [5.74, 6) is 0. The highest BCUT2D eigenvalue weighted by atomic mass is 127. The lowest BCUT2D eigenvalue weighted by Crippen LogP contribution is -2.37. The highest BCUT2D eigenvalue weighted by Gasteiger charge is 2.19. The van der Waals surface area contributed by atoms with Crippen LogP contribution in [0.1, 0.15) is 18.9 Å². The van der Waals surface area contributed by atoms with Crippen molar-refractivity contribution in [1.29, 1.82) is 0 Å². The first-order valence-corrected chi connectivity index (χ1v) is 7.60. The van der Waals surface area contributed by atoms with Gasteiger partial charge in [-0.3, -0.25) is 4.90 Å². The van der Waals surface area contributed by atoms with Crippen molar-refractivity contribution in [3.63, 3.8) is 0 Å². The van der Waals surface area contributed by atoms with Gasteiger partial charge in [0.25, 0.3) is 0 Å². The molecule has 1 heterocycles. The molecule has 100 valence electrons. The molecule has 1 aromatic rings. The zero-order valence-electron chi connectivity index (χ0n) is 11.2. The highest BCUT2D eigenvalue weighted by molar-refractivity contribution is 14.1. The molecule has 2 N–H and O–H groups in total. The normalized spacial score (nSPS) is 22.9. The van der Waals surface area contributed by atoms with Crippen molar-refractivity contribution in [1.82, 2.24) is 9.80 Å². The molecular weight excluding hydrogens is 337 g/mol. The summed E-state index contributed by atoms with van der Waals surface area (Å²) in [6.45, 7) is 6.86. The summed E-state index contributed by atoms with van der Waals surface area (Å²) >= 11 is 2.33. The van der Waals surface area contributed by atoms with Crippen LogP contribution in [0.3, 0.4) is 0 Å². The van der Waals surface area contributed by atoms with E-state index >= 15 is 0 Å². The fraction of sp³-hybridized carbons (Fsp3) is 0.571. The second-order valence-electron chi connectivity index (χ2n) is 5.33. The second-order valence-corrected chi connectivity index (χ2v) is 6.57. The Morgan fingerprint density at radius 2 is 2.11 bits per heavy atom. The molecule has 1 atom stereocenters. The van der Waals surface area contributed by atoms with Crippen LogP contribution in [0.2, 0.25) is 0 Å². The molecule has 18 heavy (non-hydrogen) atoms. The van der Waals surface area contributed by atoms with E-state index in [9.17, 15) is 0 Å². The van der Waals surface area contributed by atoms with E-state index in [1.807, 2.05) is 6.07 Å². The summed E-state index contributed by atoms with van der Waals surface area (Å²) in [6, 6.07) is 6.96. The highest BCUT2D eigenvalue weighted by Crippen LogP contribution is 2.18. The Hall–Kier alpha value is -0.330. The number of nitrogen functional groups attached to an aromatic ring is 1. The fourth-order valence-electron chi connectivity index (χ4n) is 2.66. The van der Waals surface area contributed by atoms with Gasteiger partial charge in [-0.2, -0.15) is 0 Å². The molecule has 2 rings (SSSR count). The van der Waals surface area contributed by atoms with Gasteiger partial charge >= 0.3 is 0 Å². The van der Waals surface area contributed by atoms with Crippen LogP contribution in [0.25, 0.3) is 0 Å². The van der Waals surface area contributed by atoms with Crippen molar-refractivity contribution in [2.45, 2.75) is 25.9 Å². The lowest BCUT2D eigenvalue weighted by molar-refractivity contribution is 0.194. The molecule has 3 nitrogen and oxygen atoms in total. The second kappa shape index (κ2) is 6.21. The van der Waals surface area contributed by atoms with Gasteiger partial charge < -0.3 is 10.6 Å². The first kappa shape index (κ1) is 14.1. The number of rotatable bonds is 2. The van der Waals surface area contributed by atoms with E-state index in [1.54, 1.807) is 0 Å². The van der Waals surface area contributed by atoms with Crippen LogP contribution in [0.4, 0.5) is 5.69 Å². The van der Waals surface area contributed by atoms with Gasteiger partial charge in [-0.25, -0.2) is 0 Å². The molecule has 1 saturated heterocycles. The van der Waals surface area contributed by atoms with E-state index in [4.69, 9.17) is 5.73 Å². The molecular formula is C14H22IN3. The SMILES string of the molecule is CC1CN(C)CCCN1Cc1cc(N)cc(I)c1. The van der Waals surface area contributed by atoms with Crippen molar-refractivity contribution < 1.29 is 0 Å². The number of nitrogens with zero attached hydrogens (tertiary/aromatic N) is 2. The average molecular weight is 359 g/mol. The monoisotopic (exact) mass is 359 g/mol. The zero-order chi connectivity index (χ0) is 13.1. The predicted octanol–water partition coefficient (Wildman–Crippen LogP) is 2.40. The summed E-state index contributed by atoms with van der Waals surface area (Å²) in [5, 5.41) is 0. The van der Waals surface area contributed by atoms with Crippen LogP contribution in [0.5, 0.6) is 0 Å². The molecule has 0 amide bonds. The van der Waals surface area contributed by atoms with Crippen molar-refractivity contribution in [3.05, 3.63) is 27.3 Å². The third-order valence-corrected chi connectivity index (χ3v) is 4.17. The molecule has 1 aliphatic rings. The number of benzene rings is 1. The number of halogens is 1. The van der Waals surface area contributed by atoms with Gasteiger partial charge in [0.15, 0.2) is 0 Å². The van der Waals surface area contributed by atoms with Gasteiger partial charge in [0.05, 0.1) is 0 Å². The minimum absolute atomic E-state index is 0.608. The van der Waals surface area contributed by atoms with Gasteiger partial charge in [-0.1, -0.05) is 0 Å². The Morgan fingerprint density at radius 1 is 1.33 bits per heavy atom. The number of nitrogens with two attached hydrogens (primary N) is 1. The van der Waals surface area contributed by atoms with E-state index < -0.39 is 0 Å². The van der Waals surface area contributed by atoms with Crippen LogP contribution in [0, 0.1) is 3.57 Å². The van der Waals surface area contributed by atoms with Gasteiger partial charge in [0.1, 0.15) is 0 Å². The number of hydrogen-bond donors (Lipinski definition) is 1. The fourth-order valence-corrected chi connectivity index (χ4v) is 3.42. The summed E-state index contributed by atoms with van der Waals surface area (Å²) in [4.78, 5) is 4.99. The first-order valence-electron chi connectivity index (χ1n) is 6.52. The van der Waals surface area contributed by atoms with Crippen LogP contribution in [0.15, 0.2) is 18.2 Å². The lowest BCUT2D eigenvalue weighted by atomic mass is 10.1. The van der Waals surface area contributed by atoms with E-state index in [0.717, 1.165) is 18.8 Å². The molecule has 0 saturated carbocycles. The maximum atomic E-state index is 5.92. The maximum Gasteiger partial charge on any atom is 0.0327 e.